The van der Waals surface area contributed by atoms with E-state index >= 15 is 0 Å². The number of esters is 1. The molecule has 1 aliphatic rings. The van der Waals surface area contributed by atoms with Crippen LogP contribution in [0.25, 0.3) is 5.69 Å². The normalized spacial score (nSPS) is 15.5. The van der Waals surface area contributed by atoms with Crippen molar-refractivity contribution < 1.29 is 14.3 Å². The summed E-state index contributed by atoms with van der Waals surface area (Å²) in [4.78, 5) is 12.2. The summed E-state index contributed by atoms with van der Waals surface area (Å²) >= 11 is 0. The lowest BCUT2D eigenvalue weighted by Gasteiger charge is -2.21. The van der Waals surface area contributed by atoms with E-state index in [4.69, 9.17) is 9.47 Å². The Morgan fingerprint density at radius 1 is 1.18 bits per heavy atom. The predicted molar refractivity (Wildman–Crippen MR) is 82.4 cm³/mol. The molecule has 1 saturated carbocycles. The van der Waals surface area contributed by atoms with Gasteiger partial charge >= 0.3 is 5.97 Å². The molecular weight excluding hydrogens is 280 g/mol. The minimum Gasteiger partial charge on any atom is -0.497 e. The molecule has 22 heavy (non-hydrogen) atoms. The van der Waals surface area contributed by atoms with Crippen molar-refractivity contribution in [2.24, 2.45) is 0 Å². The molecular formula is C17H20N2O3. The van der Waals surface area contributed by atoms with Gasteiger partial charge in [0, 0.05) is 6.20 Å². The van der Waals surface area contributed by atoms with Gasteiger partial charge in [-0.1, -0.05) is 6.42 Å². The van der Waals surface area contributed by atoms with Crippen LogP contribution in [0.1, 0.15) is 42.5 Å². The van der Waals surface area contributed by atoms with E-state index in [2.05, 4.69) is 5.10 Å². The van der Waals surface area contributed by atoms with Crippen LogP contribution in [0, 0.1) is 0 Å². The van der Waals surface area contributed by atoms with Crippen LogP contribution in [0.2, 0.25) is 0 Å². The Kier molecular flexibility index (Phi) is 4.42. The molecule has 116 valence electrons. The SMILES string of the molecule is COc1ccc(-n2cc(C(=O)OC3CCCCC3)cn2)cc1. The number of methoxy groups -OCH3 is 1. The van der Waals surface area contributed by atoms with Gasteiger partial charge in [-0.2, -0.15) is 5.10 Å². The summed E-state index contributed by atoms with van der Waals surface area (Å²) in [6.45, 7) is 0. The summed E-state index contributed by atoms with van der Waals surface area (Å²) in [6.07, 6.45) is 8.78. The molecule has 5 heteroatoms. The van der Waals surface area contributed by atoms with Gasteiger partial charge in [0.1, 0.15) is 11.9 Å². The lowest BCUT2D eigenvalue weighted by Crippen LogP contribution is -2.20. The van der Waals surface area contributed by atoms with Crippen molar-refractivity contribution in [2.75, 3.05) is 7.11 Å². The summed E-state index contributed by atoms with van der Waals surface area (Å²) in [5.41, 5.74) is 1.36. The van der Waals surface area contributed by atoms with Gasteiger partial charge in [-0.15, -0.1) is 0 Å². The van der Waals surface area contributed by atoms with Crippen LogP contribution < -0.4 is 4.74 Å². The first kappa shape index (κ1) is 14.6. The molecule has 5 nitrogen and oxygen atoms in total. The van der Waals surface area contributed by atoms with Gasteiger partial charge in [-0.05, 0) is 49.9 Å². The number of aromatic nitrogens is 2. The number of hydrogen-bond donors (Lipinski definition) is 0. The van der Waals surface area contributed by atoms with Crippen molar-refractivity contribution in [1.82, 2.24) is 9.78 Å². The van der Waals surface area contributed by atoms with Gasteiger partial charge in [0.2, 0.25) is 0 Å². The second-order valence-corrected chi connectivity index (χ2v) is 5.54. The van der Waals surface area contributed by atoms with E-state index in [0.29, 0.717) is 5.56 Å². The summed E-state index contributed by atoms with van der Waals surface area (Å²) < 4.78 is 12.3. The molecule has 0 unspecified atom stereocenters. The van der Waals surface area contributed by atoms with Crippen molar-refractivity contribution in [2.45, 2.75) is 38.2 Å². The Morgan fingerprint density at radius 3 is 2.59 bits per heavy atom. The van der Waals surface area contributed by atoms with E-state index in [9.17, 15) is 4.79 Å². The molecule has 0 spiro atoms. The van der Waals surface area contributed by atoms with Gasteiger partial charge in [-0.3, -0.25) is 0 Å². The third-order valence-corrected chi connectivity index (χ3v) is 3.98. The van der Waals surface area contributed by atoms with E-state index in [1.807, 2.05) is 24.3 Å². The van der Waals surface area contributed by atoms with Crippen LogP contribution in [0.4, 0.5) is 0 Å². The first-order chi connectivity index (χ1) is 10.8. The zero-order valence-corrected chi connectivity index (χ0v) is 12.7. The first-order valence-corrected chi connectivity index (χ1v) is 7.66. The van der Waals surface area contributed by atoms with Gasteiger partial charge in [0.05, 0.1) is 24.6 Å². The van der Waals surface area contributed by atoms with E-state index < -0.39 is 0 Å². The lowest BCUT2D eigenvalue weighted by atomic mass is 9.98. The maximum atomic E-state index is 12.2. The third kappa shape index (κ3) is 3.30. The Morgan fingerprint density at radius 2 is 1.91 bits per heavy atom. The maximum absolute atomic E-state index is 12.2. The van der Waals surface area contributed by atoms with Crippen LogP contribution in [0.15, 0.2) is 36.7 Å². The predicted octanol–water partition coefficient (Wildman–Crippen LogP) is 3.37. The van der Waals surface area contributed by atoms with Crippen molar-refractivity contribution in [3.63, 3.8) is 0 Å². The fourth-order valence-corrected chi connectivity index (χ4v) is 2.71. The number of nitrogens with zero attached hydrogens (tertiary/aromatic N) is 2. The van der Waals surface area contributed by atoms with Crippen LogP contribution in [-0.4, -0.2) is 29.0 Å². The molecule has 0 saturated heterocycles. The minimum atomic E-state index is -0.285. The van der Waals surface area contributed by atoms with Crippen molar-refractivity contribution in [3.8, 4) is 11.4 Å². The summed E-state index contributed by atoms with van der Waals surface area (Å²) in [6, 6.07) is 7.50. The molecule has 0 atom stereocenters. The highest BCUT2D eigenvalue weighted by Gasteiger charge is 2.19. The number of rotatable bonds is 4. The fourth-order valence-electron chi connectivity index (χ4n) is 2.71. The molecule has 0 N–H and O–H groups in total. The van der Waals surface area contributed by atoms with Gasteiger partial charge in [0.25, 0.3) is 0 Å². The Bertz CT molecular complexity index is 628. The molecule has 0 amide bonds. The van der Waals surface area contributed by atoms with E-state index in [1.165, 1.54) is 6.42 Å². The van der Waals surface area contributed by atoms with E-state index in [0.717, 1.165) is 37.1 Å². The molecule has 1 aromatic carbocycles. The minimum absolute atomic E-state index is 0.0607. The number of hydrogen-bond acceptors (Lipinski definition) is 4. The van der Waals surface area contributed by atoms with Crippen LogP contribution in [-0.2, 0) is 4.74 Å². The lowest BCUT2D eigenvalue weighted by molar-refractivity contribution is 0.0211. The average Bonchev–Trinajstić information content (AvgIpc) is 3.06. The number of benzene rings is 1. The van der Waals surface area contributed by atoms with Gasteiger partial charge < -0.3 is 9.47 Å². The second-order valence-electron chi connectivity index (χ2n) is 5.54. The smallest absolute Gasteiger partial charge is 0.341 e. The number of carbonyl (C=O) groups excluding carboxylic acids is 1. The van der Waals surface area contributed by atoms with Crippen LogP contribution in [0.5, 0.6) is 5.75 Å². The Balaban J connectivity index is 1.68. The summed E-state index contributed by atoms with van der Waals surface area (Å²) in [5, 5.41) is 4.23. The molecule has 0 bridgehead atoms. The number of carbonyl (C=O) groups is 1. The molecule has 1 aromatic heterocycles. The second kappa shape index (κ2) is 6.64. The zero-order valence-electron chi connectivity index (χ0n) is 12.7. The fraction of sp³-hybridized carbons (Fsp3) is 0.412. The highest BCUT2D eigenvalue weighted by Crippen LogP contribution is 2.21. The van der Waals surface area contributed by atoms with Crippen molar-refractivity contribution in [1.29, 1.82) is 0 Å². The van der Waals surface area contributed by atoms with Crippen molar-refractivity contribution in [3.05, 3.63) is 42.2 Å². The first-order valence-electron chi connectivity index (χ1n) is 7.66. The largest absolute Gasteiger partial charge is 0.497 e. The quantitative estimate of drug-likeness (QED) is 0.812. The third-order valence-electron chi connectivity index (χ3n) is 3.98. The zero-order chi connectivity index (χ0) is 15.4. The van der Waals surface area contributed by atoms with Crippen LogP contribution >= 0.6 is 0 Å². The topological polar surface area (TPSA) is 53.4 Å². The van der Waals surface area contributed by atoms with Crippen LogP contribution in [0.3, 0.4) is 0 Å². The van der Waals surface area contributed by atoms with Gasteiger partial charge in [-0.25, -0.2) is 9.48 Å². The van der Waals surface area contributed by atoms with Crippen molar-refractivity contribution >= 4 is 5.97 Å². The number of ether oxygens (including phenoxy) is 2. The standard InChI is InChI=1S/C17H20N2O3/c1-21-15-9-7-14(8-10-15)19-12-13(11-18-19)17(20)22-16-5-3-2-4-6-16/h7-12,16H,2-6H2,1H3. The Hall–Kier alpha value is -2.30. The molecule has 0 aliphatic heterocycles. The summed E-state index contributed by atoms with van der Waals surface area (Å²) in [5.74, 6) is 0.500. The molecule has 3 rings (SSSR count). The van der Waals surface area contributed by atoms with E-state index in [-0.39, 0.29) is 12.1 Å². The van der Waals surface area contributed by atoms with Gasteiger partial charge in [0.15, 0.2) is 0 Å². The summed E-state index contributed by atoms with van der Waals surface area (Å²) in [7, 11) is 1.63. The van der Waals surface area contributed by atoms with E-state index in [1.54, 1.807) is 24.2 Å². The monoisotopic (exact) mass is 300 g/mol. The molecule has 1 fully saturated rings. The highest BCUT2D eigenvalue weighted by molar-refractivity contribution is 5.89. The maximum Gasteiger partial charge on any atom is 0.341 e. The average molecular weight is 300 g/mol. The molecule has 1 heterocycles. The molecule has 2 aromatic rings. The highest BCUT2D eigenvalue weighted by atomic mass is 16.5. The molecule has 1 aliphatic carbocycles. The Labute approximate surface area is 129 Å². The molecule has 0 radical (unpaired) electrons.